The van der Waals surface area contributed by atoms with Crippen LogP contribution in [0.3, 0.4) is 0 Å². The van der Waals surface area contributed by atoms with E-state index in [9.17, 15) is 4.79 Å². The molecule has 0 bridgehead atoms. The summed E-state index contributed by atoms with van der Waals surface area (Å²) in [5.74, 6) is 0.792. The minimum absolute atomic E-state index is 0.304. The van der Waals surface area contributed by atoms with Gasteiger partial charge in [-0.2, -0.15) is 0 Å². The summed E-state index contributed by atoms with van der Waals surface area (Å²) in [6, 6.07) is 21.8. The van der Waals surface area contributed by atoms with Gasteiger partial charge in [0, 0.05) is 18.5 Å². The Morgan fingerprint density at radius 2 is 1.62 bits per heavy atom. The topological polar surface area (TPSA) is 42.7 Å². The highest BCUT2D eigenvalue weighted by molar-refractivity contribution is 6.05. The monoisotopic (exact) mass is 343 g/mol. The standard InChI is InChI=1S/C22H17NO3/c24-22-18-9-5-4-8-16(18)17-10-11-20-19(21(17)26-22)13-23(14-25-20)12-15-6-2-1-3-7-15/h1-11H,12-14H2. The molecule has 1 aliphatic rings. The van der Waals surface area contributed by atoms with Crippen LogP contribution in [0, 0.1) is 0 Å². The molecule has 0 N–H and O–H groups in total. The van der Waals surface area contributed by atoms with Crippen LogP contribution in [0.4, 0.5) is 0 Å². The Bertz CT molecular complexity index is 1160. The van der Waals surface area contributed by atoms with Crippen molar-refractivity contribution in [2.24, 2.45) is 0 Å². The Balaban J connectivity index is 1.62. The molecule has 0 saturated carbocycles. The third-order valence-electron chi connectivity index (χ3n) is 4.88. The molecule has 3 aromatic carbocycles. The van der Waals surface area contributed by atoms with Gasteiger partial charge in [0.15, 0.2) is 0 Å². The van der Waals surface area contributed by atoms with E-state index in [0.29, 0.717) is 24.2 Å². The summed E-state index contributed by atoms with van der Waals surface area (Å²) in [5.41, 5.74) is 2.49. The maximum atomic E-state index is 12.4. The molecular weight excluding hydrogens is 326 g/mol. The zero-order valence-corrected chi connectivity index (χ0v) is 14.1. The molecule has 4 nitrogen and oxygen atoms in total. The van der Waals surface area contributed by atoms with Crippen LogP contribution in [0.2, 0.25) is 0 Å². The van der Waals surface area contributed by atoms with Gasteiger partial charge < -0.3 is 9.15 Å². The molecule has 0 spiro atoms. The van der Waals surface area contributed by atoms with Crippen molar-refractivity contribution in [1.82, 2.24) is 4.90 Å². The first-order chi connectivity index (χ1) is 12.8. The maximum Gasteiger partial charge on any atom is 0.344 e. The van der Waals surface area contributed by atoms with E-state index in [0.717, 1.165) is 28.6 Å². The Morgan fingerprint density at radius 3 is 2.46 bits per heavy atom. The van der Waals surface area contributed by atoms with Gasteiger partial charge in [0.25, 0.3) is 0 Å². The molecule has 128 valence electrons. The number of hydrogen-bond acceptors (Lipinski definition) is 4. The second-order valence-corrected chi connectivity index (χ2v) is 6.60. The van der Waals surface area contributed by atoms with E-state index in [1.807, 2.05) is 48.5 Å². The summed E-state index contributed by atoms with van der Waals surface area (Å²) in [5, 5.41) is 2.48. The van der Waals surface area contributed by atoms with E-state index in [-0.39, 0.29) is 5.63 Å². The van der Waals surface area contributed by atoms with Gasteiger partial charge in [0.1, 0.15) is 18.1 Å². The quantitative estimate of drug-likeness (QED) is 0.402. The molecule has 4 aromatic rings. The fraction of sp³-hybridized carbons (Fsp3) is 0.136. The fourth-order valence-corrected chi connectivity index (χ4v) is 3.64. The van der Waals surface area contributed by atoms with Crippen LogP contribution in [-0.2, 0) is 13.1 Å². The van der Waals surface area contributed by atoms with Crippen LogP contribution >= 0.6 is 0 Å². The Kier molecular flexibility index (Phi) is 3.50. The molecule has 0 fully saturated rings. The third-order valence-corrected chi connectivity index (χ3v) is 4.88. The van der Waals surface area contributed by atoms with Gasteiger partial charge in [0.2, 0.25) is 0 Å². The van der Waals surface area contributed by atoms with E-state index in [2.05, 4.69) is 17.0 Å². The zero-order chi connectivity index (χ0) is 17.5. The number of benzene rings is 3. The largest absolute Gasteiger partial charge is 0.478 e. The highest BCUT2D eigenvalue weighted by atomic mass is 16.5. The van der Waals surface area contributed by atoms with Crippen molar-refractivity contribution in [1.29, 1.82) is 0 Å². The molecule has 0 atom stereocenters. The summed E-state index contributed by atoms with van der Waals surface area (Å²) in [6.45, 7) is 1.99. The van der Waals surface area contributed by atoms with Gasteiger partial charge in [-0.3, -0.25) is 4.90 Å². The van der Waals surface area contributed by atoms with E-state index < -0.39 is 0 Å². The summed E-state index contributed by atoms with van der Waals surface area (Å²) in [6.07, 6.45) is 0. The summed E-state index contributed by atoms with van der Waals surface area (Å²) in [7, 11) is 0. The lowest BCUT2D eigenvalue weighted by atomic mass is 10.0. The molecule has 1 aliphatic heterocycles. The van der Waals surface area contributed by atoms with Gasteiger partial charge in [-0.15, -0.1) is 0 Å². The molecule has 0 amide bonds. The lowest BCUT2D eigenvalue weighted by molar-refractivity contribution is 0.0890. The van der Waals surface area contributed by atoms with Crippen LogP contribution in [-0.4, -0.2) is 11.6 Å². The SMILES string of the molecule is O=c1oc2c3c(ccc2c2ccccc12)OCN(Cc1ccccc1)C3. The lowest BCUT2D eigenvalue weighted by Gasteiger charge is -2.29. The predicted molar refractivity (Wildman–Crippen MR) is 101 cm³/mol. The highest BCUT2D eigenvalue weighted by Gasteiger charge is 2.22. The van der Waals surface area contributed by atoms with E-state index in [1.165, 1.54) is 5.56 Å². The number of hydrogen-bond donors (Lipinski definition) is 0. The minimum Gasteiger partial charge on any atom is -0.478 e. The van der Waals surface area contributed by atoms with Gasteiger partial charge in [0.05, 0.1) is 10.9 Å². The number of rotatable bonds is 2. The molecule has 0 radical (unpaired) electrons. The first-order valence-corrected chi connectivity index (χ1v) is 8.66. The van der Waals surface area contributed by atoms with Crippen LogP contribution in [0.5, 0.6) is 5.75 Å². The van der Waals surface area contributed by atoms with Crippen molar-refractivity contribution in [2.45, 2.75) is 13.1 Å². The van der Waals surface area contributed by atoms with Crippen molar-refractivity contribution in [3.63, 3.8) is 0 Å². The lowest BCUT2D eigenvalue weighted by Crippen LogP contribution is -2.31. The van der Waals surface area contributed by atoms with Gasteiger partial charge in [-0.1, -0.05) is 48.5 Å². The van der Waals surface area contributed by atoms with Crippen molar-refractivity contribution >= 4 is 21.7 Å². The van der Waals surface area contributed by atoms with Gasteiger partial charge in [-0.05, 0) is 29.1 Å². The molecule has 5 rings (SSSR count). The van der Waals surface area contributed by atoms with Crippen LogP contribution in [0.25, 0.3) is 21.7 Å². The highest BCUT2D eigenvalue weighted by Crippen LogP contribution is 2.34. The Hall–Kier alpha value is -3.11. The van der Waals surface area contributed by atoms with Crippen LogP contribution < -0.4 is 10.4 Å². The summed E-state index contributed by atoms with van der Waals surface area (Å²) in [4.78, 5) is 14.6. The third kappa shape index (κ3) is 2.47. The number of fused-ring (bicyclic) bond motifs is 5. The van der Waals surface area contributed by atoms with Gasteiger partial charge in [-0.25, -0.2) is 4.79 Å². The molecule has 2 heterocycles. The van der Waals surface area contributed by atoms with E-state index in [1.54, 1.807) is 6.07 Å². The average molecular weight is 343 g/mol. The molecular formula is C22H17NO3. The predicted octanol–water partition coefficient (Wildman–Crippen LogP) is 4.30. The normalized spacial score (nSPS) is 14.3. The minimum atomic E-state index is -0.304. The molecule has 1 aromatic heterocycles. The van der Waals surface area contributed by atoms with Crippen LogP contribution in [0.1, 0.15) is 11.1 Å². The van der Waals surface area contributed by atoms with Crippen molar-refractivity contribution < 1.29 is 9.15 Å². The van der Waals surface area contributed by atoms with E-state index in [4.69, 9.17) is 9.15 Å². The second-order valence-electron chi connectivity index (χ2n) is 6.60. The molecule has 4 heteroatoms. The van der Waals surface area contributed by atoms with Crippen molar-refractivity contribution in [3.8, 4) is 5.75 Å². The smallest absolute Gasteiger partial charge is 0.344 e. The second kappa shape index (κ2) is 6.00. The Labute approximate surface area is 150 Å². The molecule has 26 heavy (non-hydrogen) atoms. The first kappa shape index (κ1) is 15.2. The fourth-order valence-electron chi connectivity index (χ4n) is 3.64. The first-order valence-electron chi connectivity index (χ1n) is 8.66. The number of nitrogens with zero attached hydrogens (tertiary/aromatic N) is 1. The maximum absolute atomic E-state index is 12.4. The van der Waals surface area contributed by atoms with Crippen molar-refractivity contribution in [2.75, 3.05) is 6.73 Å². The number of ether oxygens (including phenoxy) is 1. The molecule has 0 unspecified atom stereocenters. The zero-order valence-electron chi connectivity index (χ0n) is 14.1. The van der Waals surface area contributed by atoms with Crippen LogP contribution in [0.15, 0.2) is 75.9 Å². The average Bonchev–Trinajstić information content (AvgIpc) is 2.69. The molecule has 0 aliphatic carbocycles. The Morgan fingerprint density at radius 1 is 0.846 bits per heavy atom. The summed E-state index contributed by atoms with van der Waals surface area (Å²) < 4.78 is 11.6. The van der Waals surface area contributed by atoms with E-state index >= 15 is 0 Å². The van der Waals surface area contributed by atoms with Gasteiger partial charge >= 0.3 is 5.63 Å². The summed E-state index contributed by atoms with van der Waals surface area (Å²) >= 11 is 0. The molecule has 0 saturated heterocycles. The van der Waals surface area contributed by atoms with Crippen molar-refractivity contribution in [3.05, 3.63) is 88.3 Å².